The number of benzene rings is 1. The normalized spacial score (nSPS) is 10.4. The Morgan fingerprint density at radius 2 is 2.19 bits per heavy atom. The third-order valence-corrected chi connectivity index (χ3v) is 2.58. The molecule has 0 aliphatic carbocycles. The molecule has 2 aromatic rings. The summed E-state index contributed by atoms with van der Waals surface area (Å²) in [5, 5.41) is 3.08. The Bertz CT molecular complexity index is 544. The highest BCUT2D eigenvalue weighted by Gasteiger charge is 2.08. The van der Waals surface area contributed by atoms with Crippen molar-refractivity contribution in [1.29, 1.82) is 0 Å². The van der Waals surface area contributed by atoms with E-state index in [9.17, 15) is 0 Å². The Labute approximate surface area is 98.9 Å². The molecule has 0 bridgehead atoms. The number of aryl methyl sites for hydroxylation is 1. The number of ether oxygens (including phenoxy) is 1. The van der Waals surface area contributed by atoms with E-state index in [4.69, 9.17) is 17.0 Å². The highest BCUT2D eigenvalue weighted by atomic mass is 32.1. The van der Waals surface area contributed by atoms with E-state index in [-0.39, 0.29) is 0 Å². The molecule has 84 valence electrons. The van der Waals surface area contributed by atoms with E-state index in [0.717, 1.165) is 17.1 Å². The maximum Gasteiger partial charge on any atom is 0.216 e. The van der Waals surface area contributed by atoms with Gasteiger partial charge in [-0.25, -0.2) is 0 Å². The van der Waals surface area contributed by atoms with E-state index < -0.39 is 0 Å². The van der Waals surface area contributed by atoms with Crippen LogP contribution in [0, 0.1) is 4.77 Å². The summed E-state index contributed by atoms with van der Waals surface area (Å²) in [6.07, 6.45) is 0. The second-order valence-electron chi connectivity index (χ2n) is 3.34. The molecule has 1 heterocycles. The summed E-state index contributed by atoms with van der Waals surface area (Å²) < 4.78 is 7.77. The van der Waals surface area contributed by atoms with Crippen LogP contribution in [0.25, 0.3) is 11.4 Å². The lowest BCUT2D eigenvalue weighted by Gasteiger charge is -2.07. The third kappa shape index (κ3) is 1.99. The minimum atomic E-state index is 0.529. The zero-order valence-corrected chi connectivity index (χ0v) is 10.0. The lowest BCUT2D eigenvalue weighted by Crippen LogP contribution is -1.95. The van der Waals surface area contributed by atoms with Gasteiger partial charge >= 0.3 is 0 Å². The number of aromatic amines is 1. The molecule has 4 nitrogen and oxygen atoms in total. The summed E-state index contributed by atoms with van der Waals surface area (Å²) in [7, 11) is 1.84. The highest BCUT2D eigenvalue weighted by molar-refractivity contribution is 7.71. The molecule has 2 rings (SSSR count). The van der Waals surface area contributed by atoms with Crippen molar-refractivity contribution in [3.63, 3.8) is 0 Å². The predicted octanol–water partition coefficient (Wildman–Crippen LogP) is 2.54. The van der Waals surface area contributed by atoms with E-state index in [2.05, 4.69) is 10.1 Å². The first kappa shape index (κ1) is 10.9. The molecule has 1 aromatic carbocycles. The van der Waals surface area contributed by atoms with Gasteiger partial charge in [-0.2, -0.15) is 4.98 Å². The quantitative estimate of drug-likeness (QED) is 0.831. The van der Waals surface area contributed by atoms with Gasteiger partial charge in [0.05, 0.1) is 12.2 Å². The third-order valence-electron chi connectivity index (χ3n) is 2.21. The molecule has 0 spiro atoms. The van der Waals surface area contributed by atoms with Gasteiger partial charge in [0.25, 0.3) is 0 Å². The fourth-order valence-corrected chi connectivity index (χ4v) is 1.60. The highest BCUT2D eigenvalue weighted by Crippen LogP contribution is 2.26. The summed E-state index contributed by atoms with van der Waals surface area (Å²) in [5.41, 5.74) is 0.927. The van der Waals surface area contributed by atoms with Crippen molar-refractivity contribution in [1.82, 2.24) is 14.8 Å². The van der Waals surface area contributed by atoms with Gasteiger partial charge in [-0.05, 0) is 31.3 Å². The average Bonchev–Trinajstić information content (AvgIpc) is 2.60. The van der Waals surface area contributed by atoms with Crippen LogP contribution in [0.15, 0.2) is 24.3 Å². The van der Waals surface area contributed by atoms with Gasteiger partial charge in [-0.1, -0.05) is 12.1 Å². The van der Waals surface area contributed by atoms with Crippen LogP contribution in [0.4, 0.5) is 0 Å². The molecule has 0 atom stereocenters. The molecule has 0 aliphatic rings. The Balaban J connectivity index is 2.50. The number of rotatable bonds is 3. The Hall–Kier alpha value is -1.62. The van der Waals surface area contributed by atoms with Gasteiger partial charge < -0.3 is 4.74 Å². The Morgan fingerprint density at radius 3 is 2.81 bits per heavy atom. The first-order valence-corrected chi connectivity index (χ1v) is 5.48. The van der Waals surface area contributed by atoms with Crippen molar-refractivity contribution in [2.75, 3.05) is 6.61 Å². The molecule has 5 heteroatoms. The molecule has 0 saturated carbocycles. The summed E-state index contributed by atoms with van der Waals surface area (Å²) >= 11 is 5.06. The number of nitrogens with zero attached hydrogens (tertiary/aromatic N) is 2. The average molecular weight is 235 g/mol. The molecule has 0 radical (unpaired) electrons. The molecule has 0 aliphatic heterocycles. The zero-order valence-electron chi connectivity index (χ0n) is 9.23. The van der Waals surface area contributed by atoms with Gasteiger partial charge in [0.1, 0.15) is 5.75 Å². The fourth-order valence-electron chi connectivity index (χ4n) is 1.47. The van der Waals surface area contributed by atoms with Crippen LogP contribution in [0.2, 0.25) is 0 Å². The maximum atomic E-state index is 5.54. The van der Waals surface area contributed by atoms with E-state index in [1.54, 1.807) is 4.68 Å². The molecular weight excluding hydrogens is 222 g/mol. The van der Waals surface area contributed by atoms with Crippen LogP contribution >= 0.6 is 12.2 Å². The van der Waals surface area contributed by atoms with Crippen LogP contribution in [0.5, 0.6) is 5.75 Å². The van der Waals surface area contributed by atoms with Gasteiger partial charge in [0.15, 0.2) is 5.82 Å². The van der Waals surface area contributed by atoms with Gasteiger partial charge in [0, 0.05) is 7.05 Å². The van der Waals surface area contributed by atoms with Crippen LogP contribution in [-0.2, 0) is 7.05 Å². The topological polar surface area (TPSA) is 42.8 Å². The van der Waals surface area contributed by atoms with Gasteiger partial charge in [-0.3, -0.25) is 9.78 Å². The molecule has 1 aromatic heterocycles. The Morgan fingerprint density at radius 1 is 1.44 bits per heavy atom. The summed E-state index contributed by atoms with van der Waals surface area (Å²) in [6.45, 7) is 2.59. The van der Waals surface area contributed by atoms with Crippen LogP contribution < -0.4 is 4.74 Å². The maximum absolute atomic E-state index is 5.54. The van der Waals surface area contributed by atoms with E-state index >= 15 is 0 Å². The molecular formula is C11H13N3OS. The first-order chi connectivity index (χ1) is 7.72. The van der Waals surface area contributed by atoms with Crippen LogP contribution in [-0.4, -0.2) is 21.4 Å². The van der Waals surface area contributed by atoms with Crippen molar-refractivity contribution < 1.29 is 4.74 Å². The molecule has 16 heavy (non-hydrogen) atoms. The van der Waals surface area contributed by atoms with E-state index in [1.807, 2.05) is 38.2 Å². The predicted molar refractivity (Wildman–Crippen MR) is 65.0 cm³/mol. The first-order valence-electron chi connectivity index (χ1n) is 5.07. The monoisotopic (exact) mass is 235 g/mol. The number of nitrogens with one attached hydrogen (secondary N) is 1. The fraction of sp³-hybridized carbons (Fsp3) is 0.273. The van der Waals surface area contributed by atoms with Crippen molar-refractivity contribution in [2.45, 2.75) is 6.92 Å². The van der Waals surface area contributed by atoms with Crippen molar-refractivity contribution in [2.24, 2.45) is 7.05 Å². The number of hydrogen-bond acceptors (Lipinski definition) is 3. The molecule has 0 fully saturated rings. The zero-order chi connectivity index (χ0) is 11.5. The van der Waals surface area contributed by atoms with Crippen LogP contribution in [0.1, 0.15) is 6.92 Å². The second-order valence-corrected chi connectivity index (χ2v) is 3.71. The Kier molecular flexibility index (Phi) is 3.05. The lowest BCUT2D eigenvalue weighted by molar-refractivity contribution is 0.341. The standard InChI is InChI=1S/C11H13N3OS/c1-3-15-9-7-5-4-6-8(9)10-12-11(16)14(2)13-10/h4-7H,3H2,1-2H3,(H,12,13,16). The van der Waals surface area contributed by atoms with Crippen molar-refractivity contribution in [3.8, 4) is 17.1 Å². The van der Waals surface area contributed by atoms with Crippen molar-refractivity contribution in [3.05, 3.63) is 29.0 Å². The number of aromatic nitrogens is 3. The van der Waals surface area contributed by atoms with Gasteiger partial charge in [0.2, 0.25) is 4.77 Å². The number of para-hydroxylation sites is 1. The van der Waals surface area contributed by atoms with Crippen LogP contribution in [0.3, 0.4) is 0 Å². The number of H-pyrrole nitrogens is 1. The molecule has 0 unspecified atom stereocenters. The summed E-state index contributed by atoms with van der Waals surface area (Å²) in [4.78, 5) is 4.27. The van der Waals surface area contributed by atoms with E-state index in [0.29, 0.717) is 11.4 Å². The summed E-state index contributed by atoms with van der Waals surface area (Å²) in [5.74, 6) is 1.55. The molecule has 1 N–H and O–H groups in total. The summed E-state index contributed by atoms with van der Waals surface area (Å²) in [6, 6.07) is 7.76. The van der Waals surface area contributed by atoms with Crippen molar-refractivity contribution >= 4 is 12.2 Å². The lowest BCUT2D eigenvalue weighted by atomic mass is 10.2. The minimum absolute atomic E-state index is 0.529. The second kappa shape index (κ2) is 4.49. The minimum Gasteiger partial charge on any atom is -0.493 e. The largest absolute Gasteiger partial charge is 0.493 e. The molecule has 0 saturated heterocycles. The van der Waals surface area contributed by atoms with E-state index in [1.165, 1.54) is 0 Å². The number of hydrogen-bond donors (Lipinski definition) is 1. The van der Waals surface area contributed by atoms with Gasteiger partial charge in [-0.15, -0.1) is 0 Å². The smallest absolute Gasteiger partial charge is 0.216 e. The molecule has 0 amide bonds. The SMILES string of the molecule is CCOc1ccccc1-c1nc(=S)n(C)[nH]1.